The molecule has 2 atom stereocenters. The van der Waals surface area contributed by atoms with E-state index in [0.717, 1.165) is 61.8 Å². The molecule has 0 saturated carbocycles. The molecule has 10 aromatic rings. The molecule has 5 heterocycles. The van der Waals surface area contributed by atoms with Crippen LogP contribution in [-0.4, -0.2) is 28.5 Å². The van der Waals surface area contributed by atoms with Crippen LogP contribution in [0.25, 0.3) is 38.7 Å². The summed E-state index contributed by atoms with van der Waals surface area (Å²) in [5, 5.41) is 3.25. The van der Waals surface area contributed by atoms with E-state index in [1.807, 2.05) is 55.0 Å². The standard InChI is InChI=1S/C54H43N6.Ir/c1-52(2)44-28-18-27-42-41-30-29-38(54(5,37-21-12-7-13-22-37)51-56-32-34-59(51)40-25-16-9-17-26-40)35-43(41)49-57-46(48(53(52,3)4)60(49)47(42)44)45(36-19-10-6-11-20-36)50-55-31-33-58(50)39-23-14-8-15-24-39;/h6-19,21,23-34,45H,1-5H3;/q-3;+3/t45-,54?;/m1./s1. The van der Waals surface area contributed by atoms with E-state index >= 15 is 0 Å². The van der Waals surface area contributed by atoms with Crippen molar-refractivity contribution in [2.45, 2.75) is 56.8 Å². The number of imidazole rings is 3. The Hall–Kier alpha value is -6.40. The molecule has 0 radical (unpaired) electrons. The van der Waals surface area contributed by atoms with Crippen molar-refractivity contribution in [3.05, 3.63) is 228 Å². The molecule has 6 aromatic carbocycles. The van der Waals surface area contributed by atoms with Gasteiger partial charge < -0.3 is 13.5 Å². The summed E-state index contributed by atoms with van der Waals surface area (Å²) in [5.74, 6) is 1.44. The third kappa shape index (κ3) is 5.60. The Morgan fingerprint density at radius 2 is 1.30 bits per heavy atom. The second-order valence-electron chi connectivity index (χ2n) is 17.2. The van der Waals surface area contributed by atoms with Gasteiger partial charge in [0.15, 0.2) is 0 Å². The van der Waals surface area contributed by atoms with E-state index in [1.165, 1.54) is 22.2 Å². The number of benzene rings is 6. The van der Waals surface area contributed by atoms with Crippen LogP contribution in [0.15, 0.2) is 164 Å². The van der Waals surface area contributed by atoms with E-state index in [-0.39, 0.29) is 36.9 Å². The van der Waals surface area contributed by atoms with Crippen molar-refractivity contribution in [3.63, 3.8) is 0 Å². The fourth-order valence-corrected chi connectivity index (χ4v) is 9.84. The number of pyridine rings is 1. The minimum Gasteiger partial charge on any atom is -0.336 e. The summed E-state index contributed by atoms with van der Waals surface area (Å²) < 4.78 is 6.85. The van der Waals surface area contributed by atoms with Gasteiger partial charge in [-0.1, -0.05) is 93.1 Å². The smallest absolute Gasteiger partial charge is 0.336 e. The van der Waals surface area contributed by atoms with Crippen molar-refractivity contribution in [1.82, 2.24) is 28.5 Å². The first-order chi connectivity index (χ1) is 29.2. The Labute approximate surface area is 370 Å². The van der Waals surface area contributed by atoms with Crippen LogP contribution < -0.4 is 0 Å². The van der Waals surface area contributed by atoms with E-state index in [1.54, 1.807) is 0 Å². The molecule has 61 heavy (non-hydrogen) atoms. The number of aromatic nitrogens is 6. The number of para-hydroxylation sites is 3. The molecule has 1 unspecified atom stereocenters. The van der Waals surface area contributed by atoms with E-state index in [2.05, 4.69) is 176 Å². The molecule has 0 N–H and O–H groups in total. The number of rotatable bonds is 8. The zero-order chi connectivity index (χ0) is 40.8. The topological polar surface area (TPSA) is 52.9 Å². The molecule has 298 valence electrons. The van der Waals surface area contributed by atoms with Gasteiger partial charge in [0.25, 0.3) is 0 Å². The summed E-state index contributed by atoms with van der Waals surface area (Å²) in [6.45, 7) is 11.8. The van der Waals surface area contributed by atoms with Crippen molar-refractivity contribution < 1.29 is 20.1 Å². The van der Waals surface area contributed by atoms with Gasteiger partial charge in [-0.15, -0.1) is 34.9 Å². The van der Waals surface area contributed by atoms with E-state index in [0.29, 0.717) is 0 Å². The average molecular weight is 968 g/mol. The molecular formula is C54H43IrN6. The van der Waals surface area contributed by atoms with Crippen LogP contribution in [0, 0.1) is 18.2 Å². The van der Waals surface area contributed by atoms with E-state index < -0.39 is 5.41 Å². The van der Waals surface area contributed by atoms with Crippen LogP contribution >= 0.6 is 0 Å². The molecule has 0 saturated heterocycles. The minimum absolute atomic E-state index is 0. The third-order valence-corrected chi connectivity index (χ3v) is 13.6. The molecule has 4 aromatic heterocycles. The van der Waals surface area contributed by atoms with Gasteiger partial charge in [0.2, 0.25) is 0 Å². The summed E-state index contributed by atoms with van der Waals surface area (Å²) in [5.41, 5.74) is 9.26. The van der Waals surface area contributed by atoms with Crippen LogP contribution in [0.5, 0.6) is 0 Å². The van der Waals surface area contributed by atoms with Gasteiger partial charge in [0.05, 0.1) is 17.3 Å². The fraction of sp³-hybridized carbons (Fsp3) is 0.167. The van der Waals surface area contributed by atoms with Gasteiger partial charge in [-0.2, -0.15) is 60.7 Å². The maximum Gasteiger partial charge on any atom is 3.00 e. The van der Waals surface area contributed by atoms with Gasteiger partial charge in [0.1, 0.15) is 11.6 Å². The van der Waals surface area contributed by atoms with Gasteiger partial charge in [-0.05, 0) is 42.1 Å². The second-order valence-corrected chi connectivity index (χ2v) is 17.2. The van der Waals surface area contributed by atoms with Gasteiger partial charge in [-0.25, -0.2) is 9.97 Å². The largest absolute Gasteiger partial charge is 3.00 e. The number of hydrogen-bond donors (Lipinski definition) is 0. The second kappa shape index (κ2) is 14.4. The molecule has 11 rings (SSSR count). The Balaban J connectivity index is 0.00000445. The van der Waals surface area contributed by atoms with E-state index in [4.69, 9.17) is 15.0 Å². The van der Waals surface area contributed by atoms with Crippen molar-refractivity contribution >= 4 is 27.3 Å². The summed E-state index contributed by atoms with van der Waals surface area (Å²) in [4.78, 5) is 16.1. The quantitative estimate of drug-likeness (QED) is 0.113. The van der Waals surface area contributed by atoms with Crippen LogP contribution in [-0.2, 0) is 36.4 Å². The normalized spacial score (nSPS) is 15.5. The third-order valence-electron chi connectivity index (χ3n) is 13.6. The summed E-state index contributed by atoms with van der Waals surface area (Å²) in [6, 6.07) is 60.0. The number of hydrogen-bond acceptors (Lipinski definition) is 3. The first-order valence-corrected chi connectivity index (χ1v) is 20.7. The first kappa shape index (κ1) is 38.8. The van der Waals surface area contributed by atoms with Crippen LogP contribution in [0.1, 0.15) is 85.8 Å². The fourth-order valence-electron chi connectivity index (χ4n) is 9.84. The molecule has 6 nitrogen and oxygen atoms in total. The first-order valence-electron chi connectivity index (χ1n) is 20.7. The summed E-state index contributed by atoms with van der Waals surface area (Å²) in [6.07, 6.45) is 7.89. The summed E-state index contributed by atoms with van der Waals surface area (Å²) >= 11 is 0. The van der Waals surface area contributed by atoms with Crippen molar-refractivity contribution in [3.8, 4) is 11.4 Å². The molecule has 0 aliphatic carbocycles. The van der Waals surface area contributed by atoms with Crippen molar-refractivity contribution in [2.24, 2.45) is 0 Å². The Morgan fingerprint density at radius 3 is 2.00 bits per heavy atom. The van der Waals surface area contributed by atoms with Crippen LogP contribution in [0.2, 0.25) is 0 Å². The number of fused-ring (bicyclic) bond motifs is 3. The SMILES string of the molecule is CC(c1[c-]cccc1)(c1[c-]c2c(cc1)c1cccc3c1n1c(c([C@@H](c4[c-]cccc4)c4nccn4-c4ccccc4)nc21)C(C)(C)C3(C)C)c1nccn1-c1ccccc1.[Ir+3]. The van der Waals surface area contributed by atoms with Crippen molar-refractivity contribution in [1.29, 1.82) is 0 Å². The molecule has 0 spiro atoms. The molecular weight excluding hydrogens is 925 g/mol. The van der Waals surface area contributed by atoms with Gasteiger partial charge >= 0.3 is 20.1 Å². The predicted octanol–water partition coefficient (Wildman–Crippen LogP) is 11.5. The molecule has 7 heteroatoms. The summed E-state index contributed by atoms with van der Waals surface area (Å²) in [7, 11) is 0. The van der Waals surface area contributed by atoms with Crippen LogP contribution in [0.4, 0.5) is 0 Å². The maximum atomic E-state index is 5.88. The maximum absolute atomic E-state index is 5.88. The van der Waals surface area contributed by atoms with E-state index in [9.17, 15) is 0 Å². The zero-order valence-electron chi connectivity index (χ0n) is 34.7. The monoisotopic (exact) mass is 968 g/mol. The molecule has 1 aliphatic heterocycles. The number of nitrogens with zero attached hydrogens (tertiary/aromatic N) is 6. The Kier molecular flexibility index (Phi) is 9.13. The Morgan fingerprint density at radius 1 is 0.623 bits per heavy atom. The Bertz CT molecular complexity index is 3220. The van der Waals surface area contributed by atoms with Gasteiger partial charge in [-0.3, -0.25) is 4.98 Å². The van der Waals surface area contributed by atoms with Gasteiger partial charge in [0, 0.05) is 63.6 Å². The zero-order valence-corrected chi connectivity index (χ0v) is 37.1. The minimum atomic E-state index is -0.735. The molecule has 1 aliphatic rings. The van der Waals surface area contributed by atoms with Crippen LogP contribution in [0.3, 0.4) is 0 Å². The average Bonchev–Trinajstić information content (AvgIpc) is 4.07. The predicted molar refractivity (Wildman–Crippen MR) is 239 cm³/mol. The molecule has 0 amide bonds. The van der Waals surface area contributed by atoms with Crippen molar-refractivity contribution in [2.75, 3.05) is 0 Å². The molecule has 0 bridgehead atoms. The molecule has 0 fully saturated rings.